The first-order chi connectivity index (χ1) is 11.3. The molecule has 0 aliphatic rings. The van der Waals surface area contributed by atoms with Crippen LogP contribution in [0, 0.1) is 0 Å². The molecule has 2 heteroatoms. The molecular formula is C21H34O2. The van der Waals surface area contributed by atoms with E-state index in [0.29, 0.717) is 6.42 Å². The molecule has 1 rings (SSSR count). The van der Waals surface area contributed by atoms with Crippen LogP contribution in [-0.4, -0.2) is 13.1 Å². The van der Waals surface area contributed by atoms with E-state index >= 15 is 0 Å². The van der Waals surface area contributed by atoms with Crippen LogP contribution in [0.4, 0.5) is 0 Å². The molecule has 0 saturated carbocycles. The van der Waals surface area contributed by atoms with Crippen molar-refractivity contribution in [1.82, 2.24) is 0 Å². The highest BCUT2D eigenvalue weighted by atomic mass is 16.5. The van der Waals surface area contributed by atoms with Crippen molar-refractivity contribution in [3.05, 3.63) is 35.9 Å². The Bertz CT molecular complexity index is 386. The summed E-state index contributed by atoms with van der Waals surface area (Å²) in [7, 11) is 1.46. The van der Waals surface area contributed by atoms with Gasteiger partial charge in [0.25, 0.3) is 0 Å². The van der Waals surface area contributed by atoms with Crippen LogP contribution in [0.1, 0.15) is 82.6 Å². The maximum atomic E-state index is 11.0. The van der Waals surface area contributed by atoms with Crippen molar-refractivity contribution in [3.63, 3.8) is 0 Å². The van der Waals surface area contributed by atoms with Gasteiger partial charge in [0.2, 0.25) is 0 Å². The molecule has 2 nitrogen and oxygen atoms in total. The summed E-state index contributed by atoms with van der Waals surface area (Å²) in [6.45, 7) is 0. The third-order valence-electron chi connectivity index (χ3n) is 4.42. The summed E-state index contributed by atoms with van der Waals surface area (Å²) in [5.74, 6) is -0.0720. The van der Waals surface area contributed by atoms with Gasteiger partial charge in [-0.15, -0.1) is 0 Å². The van der Waals surface area contributed by atoms with Crippen LogP contribution in [-0.2, 0) is 16.0 Å². The van der Waals surface area contributed by atoms with Crippen molar-refractivity contribution in [3.8, 4) is 0 Å². The van der Waals surface area contributed by atoms with Gasteiger partial charge in [-0.1, -0.05) is 88.1 Å². The lowest BCUT2D eigenvalue weighted by Crippen LogP contribution is -1.99. The highest BCUT2D eigenvalue weighted by Crippen LogP contribution is 2.13. The maximum absolute atomic E-state index is 11.0. The Kier molecular flexibility index (Phi) is 12.3. The van der Waals surface area contributed by atoms with Gasteiger partial charge in [-0.05, 0) is 24.8 Å². The molecular weight excluding hydrogens is 284 g/mol. The fraction of sp³-hybridized carbons (Fsp3) is 0.667. The van der Waals surface area contributed by atoms with Crippen LogP contribution in [0.3, 0.4) is 0 Å². The molecule has 0 radical (unpaired) electrons. The van der Waals surface area contributed by atoms with E-state index in [-0.39, 0.29) is 5.97 Å². The third kappa shape index (κ3) is 11.9. The number of carbonyl (C=O) groups is 1. The number of rotatable bonds is 14. The Morgan fingerprint density at radius 3 is 1.74 bits per heavy atom. The van der Waals surface area contributed by atoms with Crippen LogP contribution in [0.5, 0.6) is 0 Å². The van der Waals surface area contributed by atoms with Gasteiger partial charge >= 0.3 is 5.97 Å². The van der Waals surface area contributed by atoms with Crippen molar-refractivity contribution in [2.45, 2.75) is 83.5 Å². The summed E-state index contributed by atoms with van der Waals surface area (Å²) in [6, 6.07) is 10.8. The molecule has 0 unspecified atom stereocenters. The highest BCUT2D eigenvalue weighted by Gasteiger charge is 1.99. The van der Waals surface area contributed by atoms with Gasteiger partial charge in [-0.3, -0.25) is 4.79 Å². The number of carbonyl (C=O) groups excluding carboxylic acids is 1. The zero-order valence-electron chi connectivity index (χ0n) is 14.9. The first-order valence-corrected chi connectivity index (χ1v) is 9.43. The molecule has 0 bridgehead atoms. The second-order valence-corrected chi connectivity index (χ2v) is 6.45. The van der Waals surface area contributed by atoms with Gasteiger partial charge in [-0.25, -0.2) is 0 Å². The quantitative estimate of drug-likeness (QED) is 0.307. The Labute approximate surface area is 142 Å². The van der Waals surface area contributed by atoms with E-state index in [0.717, 1.165) is 12.8 Å². The van der Waals surface area contributed by atoms with E-state index in [1.807, 2.05) is 0 Å². The highest BCUT2D eigenvalue weighted by molar-refractivity contribution is 5.68. The van der Waals surface area contributed by atoms with Crippen LogP contribution in [0.15, 0.2) is 30.3 Å². The minimum Gasteiger partial charge on any atom is -0.469 e. The lowest BCUT2D eigenvalue weighted by atomic mass is 10.0. The number of unbranched alkanes of at least 4 members (excludes halogenated alkanes) is 10. The topological polar surface area (TPSA) is 26.3 Å². The number of benzene rings is 1. The van der Waals surface area contributed by atoms with Crippen molar-refractivity contribution < 1.29 is 9.53 Å². The molecule has 0 aromatic heterocycles. The molecule has 0 spiro atoms. The minimum atomic E-state index is -0.0720. The number of hydrogen-bond donors (Lipinski definition) is 0. The van der Waals surface area contributed by atoms with Crippen LogP contribution in [0.2, 0.25) is 0 Å². The zero-order valence-corrected chi connectivity index (χ0v) is 14.9. The average Bonchev–Trinajstić information content (AvgIpc) is 2.59. The molecule has 23 heavy (non-hydrogen) atoms. The first kappa shape index (κ1) is 19.7. The van der Waals surface area contributed by atoms with Crippen molar-refractivity contribution >= 4 is 5.97 Å². The molecule has 1 aromatic carbocycles. The summed E-state index contributed by atoms with van der Waals surface area (Å²) in [5.41, 5.74) is 1.47. The van der Waals surface area contributed by atoms with E-state index in [1.165, 1.54) is 76.9 Å². The number of aryl methyl sites for hydroxylation is 1. The van der Waals surface area contributed by atoms with Gasteiger partial charge in [0.15, 0.2) is 0 Å². The third-order valence-corrected chi connectivity index (χ3v) is 4.42. The number of esters is 1. The first-order valence-electron chi connectivity index (χ1n) is 9.43. The molecule has 0 heterocycles. The van der Waals surface area contributed by atoms with Crippen molar-refractivity contribution in [2.75, 3.05) is 7.11 Å². The van der Waals surface area contributed by atoms with Crippen molar-refractivity contribution in [1.29, 1.82) is 0 Å². The summed E-state index contributed by atoms with van der Waals surface area (Å²) >= 11 is 0. The molecule has 0 saturated heterocycles. The lowest BCUT2D eigenvalue weighted by molar-refractivity contribution is -0.140. The summed E-state index contributed by atoms with van der Waals surface area (Å²) in [4.78, 5) is 11.0. The lowest BCUT2D eigenvalue weighted by Gasteiger charge is -2.03. The van der Waals surface area contributed by atoms with Gasteiger partial charge < -0.3 is 4.74 Å². The second kappa shape index (κ2) is 14.3. The SMILES string of the molecule is COC(=O)CCCCCCCCCCCCCc1ccccc1. The van der Waals surface area contributed by atoms with Crippen LogP contribution < -0.4 is 0 Å². The van der Waals surface area contributed by atoms with E-state index in [2.05, 4.69) is 35.1 Å². The Morgan fingerprint density at radius 1 is 0.739 bits per heavy atom. The van der Waals surface area contributed by atoms with Gasteiger partial charge in [-0.2, -0.15) is 0 Å². The molecule has 0 fully saturated rings. The predicted molar refractivity (Wildman–Crippen MR) is 97.6 cm³/mol. The monoisotopic (exact) mass is 318 g/mol. The predicted octanol–water partition coefficient (Wildman–Crippen LogP) is 6.08. The fourth-order valence-corrected chi connectivity index (χ4v) is 2.94. The zero-order chi connectivity index (χ0) is 16.6. The van der Waals surface area contributed by atoms with E-state index in [9.17, 15) is 4.79 Å². The van der Waals surface area contributed by atoms with Gasteiger partial charge in [0.05, 0.1) is 7.11 Å². The van der Waals surface area contributed by atoms with Crippen LogP contribution >= 0.6 is 0 Å². The molecule has 0 N–H and O–H groups in total. The summed E-state index contributed by atoms with van der Waals surface area (Å²) < 4.78 is 4.64. The molecule has 0 aliphatic heterocycles. The Morgan fingerprint density at radius 2 is 1.22 bits per heavy atom. The molecule has 1 aromatic rings. The summed E-state index contributed by atoms with van der Waals surface area (Å²) in [6.07, 6.45) is 16.1. The molecule has 0 amide bonds. The maximum Gasteiger partial charge on any atom is 0.305 e. The van der Waals surface area contributed by atoms with Gasteiger partial charge in [0.1, 0.15) is 0 Å². The normalized spacial score (nSPS) is 10.7. The smallest absolute Gasteiger partial charge is 0.305 e. The fourth-order valence-electron chi connectivity index (χ4n) is 2.94. The minimum absolute atomic E-state index is 0.0720. The number of ether oxygens (including phenoxy) is 1. The second-order valence-electron chi connectivity index (χ2n) is 6.45. The summed E-state index contributed by atoms with van der Waals surface area (Å²) in [5, 5.41) is 0. The molecule has 0 atom stereocenters. The largest absolute Gasteiger partial charge is 0.469 e. The van der Waals surface area contributed by atoms with E-state index < -0.39 is 0 Å². The standard InChI is InChI=1S/C21H34O2/c1-23-21(22)19-15-10-8-6-4-2-3-5-7-9-12-16-20-17-13-11-14-18-20/h11,13-14,17-18H,2-10,12,15-16,19H2,1H3. The average molecular weight is 319 g/mol. The molecule has 130 valence electrons. The Hall–Kier alpha value is -1.31. The van der Waals surface area contributed by atoms with Crippen molar-refractivity contribution in [2.24, 2.45) is 0 Å². The molecule has 0 aliphatic carbocycles. The van der Waals surface area contributed by atoms with E-state index in [4.69, 9.17) is 0 Å². The van der Waals surface area contributed by atoms with E-state index in [1.54, 1.807) is 0 Å². The number of methoxy groups -OCH3 is 1. The number of hydrogen-bond acceptors (Lipinski definition) is 2. The van der Waals surface area contributed by atoms with Crippen LogP contribution in [0.25, 0.3) is 0 Å². The Balaban J connectivity index is 1.76. The van der Waals surface area contributed by atoms with Gasteiger partial charge in [0, 0.05) is 6.42 Å².